The van der Waals surface area contributed by atoms with Gasteiger partial charge in [0.2, 0.25) is 11.8 Å². The third kappa shape index (κ3) is 9.10. The summed E-state index contributed by atoms with van der Waals surface area (Å²) in [4.78, 5) is 51.1. The number of aromatic carboxylic acids is 1. The first-order chi connectivity index (χ1) is 24.1. The molecule has 0 aromatic heterocycles. The number of nitrogens with two attached hydrogens (primary N) is 2. The van der Waals surface area contributed by atoms with Crippen molar-refractivity contribution in [3.8, 4) is 11.1 Å². The van der Waals surface area contributed by atoms with Crippen LogP contribution in [-0.2, 0) is 51.7 Å². The smallest absolute Gasteiger partial charge is 0.335 e. The number of rotatable bonds is 11. The van der Waals surface area contributed by atoms with Crippen LogP contribution >= 0.6 is 0 Å². The molecule has 4 aromatic carbocycles. The van der Waals surface area contributed by atoms with Crippen molar-refractivity contribution in [3.63, 3.8) is 0 Å². The Bertz CT molecular complexity index is 1810. The number of carboxylic acids is 1. The number of nitrogens with zero attached hydrogens (tertiary/aromatic N) is 2. The van der Waals surface area contributed by atoms with E-state index < -0.39 is 18.1 Å². The first kappa shape index (κ1) is 35.7. The summed E-state index contributed by atoms with van der Waals surface area (Å²) in [5.74, 6) is -1.47. The van der Waals surface area contributed by atoms with Crippen LogP contribution in [0.25, 0.3) is 11.1 Å². The Morgan fingerprint density at radius 3 is 1.74 bits per heavy atom. The number of hydrogen-bond acceptors (Lipinski definition) is 7. The third-order valence-corrected chi connectivity index (χ3v) is 8.81. The van der Waals surface area contributed by atoms with Gasteiger partial charge in [0.05, 0.1) is 17.6 Å². The largest absolute Gasteiger partial charge is 0.478 e. The van der Waals surface area contributed by atoms with E-state index in [9.17, 15) is 19.2 Å². The number of benzene rings is 4. The molecular formula is C40H42N4O6. The van der Waals surface area contributed by atoms with Crippen LogP contribution in [0.2, 0.25) is 0 Å². The molecule has 0 radical (unpaired) electrons. The molecule has 2 atom stereocenters. The lowest BCUT2D eigenvalue weighted by Gasteiger charge is -2.20. The average molecular weight is 675 g/mol. The van der Waals surface area contributed by atoms with Crippen molar-refractivity contribution in [2.45, 2.75) is 57.5 Å². The Kier molecular flexibility index (Phi) is 11.9. The van der Waals surface area contributed by atoms with Crippen molar-refractivity contribution < 1.29 is 29.0 Å². The zero-order chi connectivity index (χ0) is 35.6. The van der Waals surface area contributed by atoms with Gasteiger partial charge < -0.3 is 31.1 Å². The molecule has 4 aromatic rings. The van der Waals surface area contributed by atoms with Gasteiger partial charge in [-0.1, -0.05) is 97.6 Å². The number of ether oxygens (including phenoxy) is 1. The van der Waals surface area contributed by atoms with Gasteiger partial charge in [-0.15, -0.1) is 0 Å². The summed E-state index contributed by atoms with van der Waals surface area (Å²) in [5.41, 5.74) is 19.8. The molecule has 0 fully saturated rings. The number of hydrogen-bond donors (Lipinski definition) is 3. The molecule has 0 bridgehead atoms. The van der Waals surface area contributed by atoms with E-state index in [1.165, 1.54) is 17.2 Å². The van der Waals surface area contributed by atoms with Crippen molar-refractivity contribution in [1.29, 1.82) is 0 Å². The molecule has 50 heavy (non-hydrogen) atoms. The predicted molar refractivity (Wildman–Crippen MR) is 190 cm³/mol. The molecule has 2 amide bonds. The van der Waals surface area contributed by atoms with Gasteiger partial charge in [0.25, 0.3) is 0 Å². The van der Waals surface area contributed by atoms with Crippen LogP contribution in [0.4, 0.5) is 0 Å². The van der Waals surface area contributed by atoms with E-state index in [0.717, 1.165) is 27.8 Å². The third-order valence-electron chi connectivity index (χ3n) is 8.81. The zero-order valence-corrected chi connectivity index (χ0v) is 27.9. The van der Waals surface area contributed by atoms with Crippen LogP contribution < -0.4 is 11.5 Å². The number of carbonyl (C=O) groups is 4. The Morgan fingerprint density at radius 2 is 1.24 bits per heavy atom. The van der Waals surface area contributed by atoms with Crippen LogP contribution in [0.3, 0.4) is 0 Å². The number of amides is 2. The first-order valence-corrected chi connectivity index (χ1v) is 16.5. The minimum absolute atomic E-state index is 0.0422. The lowest BCUT2D eigenvalue weighted by Crippen LogP contribution is -2.42. The molecule has 5 N–H and O–H groups in total. The maximum Gasteiger partial charge on any atom is 0.335 e. The number of carbonyl (C=O) groups excluding carboxylic acids is 3. The molecule has 10 heteroatoms. The first-order valence-electron chi connectivity index (χ1n) is 16.5. The summed E-state index contributed by atoms with van der Waals surface area (Å²) in [6.45, 7) is 6.05. The average Bonchev–Trinajstić information content (AvgIpc) is 3.78. The van der Waals surface area contributed by atoms with E-state index >= 15 is 0 Å². The Labute approximate surface area is 291 Å². The molecule has 6 rings (SSSR count). The van der Waals surface area contributed by atoms with Gasteiger partial charge in [-0.25, -0.2) is 4.79 Å². The van der Waals surface area contributed by atoms with Crippen LogP contribution in [0.15, 0.2) is 110 Å². The van der Waals surface area contributed by atoms with Crippen LogP contribution in [-0.4, -0.2) is 57.3 Å². The van der Waals surface area contributed by atoms with E-state index in [0.29, 0.717) is 39.0 Å². The number of carboxylic acid groups (broad SMARTS) is 1. The fourth-order valence-electron chi connectivity index (χ4n) is 6.07. The lowest BCUT2D eigenvalue weighted by atomic mass is 9.99. The highest BCUT2D eigenvalue weighted by molar-refractivity contribution is 5.89. The van der Waals surface area contributed by atoms with E-state index in [-0.39, 0.29) is 36.4 Å². The lowest BCUT2D eigenvalue weighted by molar-refractivity contribution is -0.143. The van der Waals surface area contributed by atoms with Crippen molar-refractivity contribution in [2.24, 2.45) is 11.5 Å². The summed E-state index contributed by atoms with van der Waals surface area (Å²) >= 11 is 0. The molecule has 0 spiro atoms. The Morgan fingerprint density at radius 1 is 0.720 bits per heavy atom. The van der Waals surface area contributed by atoms with Crippen molar-refractivity contribution in [2.75, 3.05) is 6.61 Å². The van der Waals surface area contributed by atoms with Gasteiger partial charge in [-0.05, 0) is 63.9 Å². The molecule has 2 aliphatic heterocycles. The highest BCUT2D eigenvalue weighted by Gasteiger charge is 2.28. The summed E-state index contributed by atoms with van der Waals surface area (Å²) in [6.07, 6.45) is 2.40. The van der Waals surface area contributed by atoms with E-state index in [4.69, 9.17) is 21.3 Å². The fraction of sp³-hybridized carbons (Fsp3) is 0.250. The van der Waals surface area contributed by atoms with Crippen molar-refractivity contribution >= 4 is 23.8 Å². The maximum absolute atomic E-state index is 12.8. The van der Waals surface area contributed by atoms with Gasteiger partial charge in [0, 0.05) is 32.6 Å². The topological polar surface area (TPSA) is 156 Å². The molecule has 258 valence electrons. The van der Waals surface area contributed by atoms with Crippen LogP contribution in [0, 0.1) is 0 Å². The summed E-state index contributed by atoms with van der Waals surface area (Å²) < 4.78 is 4.86. The van der Waals surface area contributed by atoms with E-state index in [1.807, 2.05) is 78.9 Å². The molecule has 0 saturated heterocycles. The molecule has 10 nitrogen and oxygen atoms in total. The Hall–Kier alpha value is -5.58. The summed E-state index contributed by atoms with van der Waals surface area (Å²) in [5, 5.41) is 9.15. The standard InChI is InChI=1S/C24H22N2O3.C16H20N2O3/c25-22(23(27)26-14-20-4-1-2-5-21(20)15-26)12-16-8-10-17(11-9-16)18-6-3-7-19(13-18)24(28)29;1-2-9-21-15(19)8-7-14(17)16(20)18-10-12-5-3-4-6-13(12)11-18/h1-11,13,22H,12,14-15,25H2,(H,28,29);2-6,14H,1,7-11,17H2/t22-;14-/m11/s1. The molecular weight excluding hydrogens is 632 g/mol. The zero-order valence-electron chi connectivity index (χ0n) is 27.9. The van der Waals surface area contributed by atoms with E-state index in [1.54, 1.807) is 28.0 Å². The summed E-state index contributed by atoms with van der Waals surface area (Å²) in [6, 6.07) is 29.3. The van der Waals surface area contributed by atoms with Gasteiger partial charge in [0.1, 0.15) is 6.61 Å². The highest BCUT2D eigenvalue weighted by Crippen LogP contribution is 2.25. The monoisotopic (exact) mass is 674 g/mol. The van der Waals surface area contributed by atoms with Gasteiger partial charge in [-0.2, -0.15) is 0 Å². The van der Waals surface area contributed by atoms with Gasteiger partial charge in [-0.3, -0.25) is 14.4 Å². The summed E-state index contributed by atoms with van der Waals surface area (Å²) in [7, 11) is 0. The van der Waals surface area contributed by atoms with Crippen LogP contribution in [0.1, 0.15) is 51.0 Å². The van der Waals surface area contributed by atoms with Crippen molar-refractivity contribution in [3.05, 3.63) is 143 Å². The molecule has 2 aliphatic rings. The minimum atomic E-state index is -0.947. The second-order valence-corrected chi connectivity index (χ2v) is 12.4. The minimum Gasteiger partial charge on any atom is -0.478 e. The van der Waals surface area contributed by atoms with E-state index in [2.05, 4.69) is 6.58 Å². The fourth-order valence-corrected chi connectivity index (χ4v) is 6.07. The van der Waals surface area contributed by atoms with Gasteiger partial charge in [0.15, 0.2) is 0 Å². The second-order valence-electron chi connectivity index (χ2n) is 12.4. The van der Waals surface area contributed by atoms with Crippen molar-refractivity contribution in [1.82, 2.24) is 9.80 Å². The number of fused-ring (bicyclic) bond motifs is 2. The second kappa shape index (κ2) is 16.7. The predicted octanol–water partition coefficient (Wildman–Crippen LogP) is 4.83. The number of esters is 1. The maximum atomic E-state index is 12.8. The Balaban J connectivity index is 0.000000205. The molecule has 2 heterocycles. The molecule has 0 saturated carbocycles. The normalized spacial score (nSPS) is 14.0. The molecule has 0 aliphatic carbocycles. The quantitative estimate of drug-likeness (QED) is 0.151. The molecule has 0 unspecified atom stereocenters. The SMILES string of the molecule is C=CCOC(=O)CC[C@@H](N)C(=O)N1Cc2ccccc2C1.N[C@H](Cc1ccc(-c2cccc(C(=O)O)c2)cc1)C(=O)N1Cc2ccccc2C1. The van der Waals surface area contributed by atoms with Crippen LogP contribution in [0.5, 0.6) is 0 Å². The van der Waals surface area contributed by atoms with Gasteiger partial charge >= 0.3 is 11.9 Å². The highest BCUT2D eigenvalue weighted by atomic mass is 16.5.